The molecule has 118 valence electrons. The Kier molecular flexibility index (Phi) is 6.76. The van der Waals surface area contributed by atoms with E-state index in [1.807, 2.05) is 25.7 Å². The maximum Gasteiger partial charge on any atom is 0.410 e. The SMILES string of the molecule is COCCNC(C)CC1CCCN1C(=O)OC(C)(C)C. The van der Waals surface area contributed by atoms with Gasteiger partial charge >= 0.3 is 6.09 Å². The fraction of sp³-hybridized carbons (Fsp3) is 0.933. The molecule has 5 heteroatoms. The molecule has 0 radical (unpaired) electrons. The Labute approximate surface area is 123 Å². The predicted molar refractivity (Wildman–Crippen MR) is 79.9 cm³/mol. The molecule has 0 aliphatic carbocycles. The van der Waals surface area contributed by atoms with Gasteiger partial charge in [0, 0.05) is 32.3 Å². The van der Waals surface area contributed by atoms with Gasteiger partial charge in [-0.2, -0.15) is 0 Å². The molecule has 0 aromatic heterocycles. The average Bonchev–Trinajstić information content (AvgIpc) is 2.75. The highest BCUT2D eigenvalue weighted by Gasteiger charge is 2.32. The molecule has 1 heterocycles. The van der Waals surface area contributed by atoms with E-state index in [0.717, 1.165) is 32.4 Å². The third-order valence-electron chi connectivity index (χ3n) is 3.43. The zero-order valence-corrected chi connectivity index (χ0v) is 13.6. The first-order valence-electron chi connectivity index (χ1n) is 7.55. The van der Waals surface area contributed by atoms with E-state index in [1.54, 1.807) is 7.11 Å². The van der Waals surface area contributed by atoms with Crippen LogP contribution < -0.4 is 5.32 Å². The van der Waals surface area contributed by atoms with Crippen LogP contribution >= 0.6 is 0 Å². The largest absolute Gasteiger partial charge is 0.444 e. The second-order valence-corrected chi connectivity index (χ2v) is 6.55. The van der Waals surface area contributed by atoms with Crippen molar-refractivity contribution in [2.75, 3.05) is 26.8 Å². The van der Waals surface area contributed by atoms with E-state index < -0.39 is 5.60 Å². The molecular formula is C15H30N2O3. The highest BCUT2D eigenvalue weighted by molar-refractivity contribution is 5.68. The minimum Gasteiger partial charge on any atom is -0.444 e. The molecule has 20 heavy (non-hydrogen) atoms. The zero-order chi connectivity index (χ0) is 15.2. The molecule has 1 rings (SSSR count). The fourth-order valence-electron chi connectivity index (χ4n) is 2.54. The molecule has 0 saturated carbocycles. The number of hydrogen-bond donors (Lipinski definition) is 1. The Morgan fingerprint density at radius 1 is 1.45 bits per heavy atom. The molecule has 1 fully saturated rings. The number of amides is 1. The molecule has 2 unspecified atom stereocenters. The van der Waals surface area contributed by atoms with E-state index in [4.69, 9.17) is 9.47 Å². The number of nitrogens with one attached hydrogen (secondary N) is 1. The molecule has 2 atom stereocenters. The molecule has 0 spiro atoms. The molecule has 1 N–H and O–H groups in total. The topological polar surface area (TPSA) is 50.8 Å². The standard InChI is InChI=1S/C15H30N2O3/c1-12(16-8-10-19-5)11-13-7-6-9-17(13)14(18)20-15(2,3)4/h12-13,16H,6-11H2,1-5H3. The van der Waals surface area contributed by atoms with Crippen molar-refractivity contribution in [3.05, 3.63) is 0 Å². The van der Waals surface area contributed by atoms with Crippen LogP contribution in [0.15, 0.2) is 0 Å². The second-order valence-electron chi connectivity index (χ2n) is 6.55. The smallest absolute Gasteiger partial charge is 0.410 e. The summed E-state index contributed by atoms with van der Waals surface area (Å²) in [7, 11) is 1.70. The van der Waals surface area contributed by atoms with Gasteiger partial charge in [-0.25, -0.2) is 4.79 Å². The van der Waals surface area contributed by atoms with Crippen LogP contribution in [0, 0.1) is 0 Å². The van der Waals surface area contributed by atoms with Crippen molar-refractivity contribution in [1.29, 1.82) is 0 Å². The van der Waals surface area contributed by atoms with Gasteiger partial charge in [-0.3, -0.25) is 0 Å². The number of likely N-dealkylation sites (tertiary alicyclic amines) is 1. The van der Waals surface area contributed by atoms with Gasteiger partial charge in [0.15, 0.2) is 0 Å². The summed E-state index contributed by atoms with van der Waals surface area (Å²) in [6.45, 7) is 10.2. The van der Waals surface area contributed by atoms with E-state index in [-0.39, 0.29) is 12.1 Å². The Hall–Kier alpha value is -0.810. The van der Waals surface area contributed by atoms with Gasteiger partial charge in [-0.05, 0) is 47.0 Å². The van der Waals surface area contributed by atoms with Crippen LogP contribution in [0.3, 0.4) is 0 Å². The van der Waals surface area contributed by atoms with Gasteiger partial charge in [0.25, 0.3) is 0 Å². The molecule has 1 amide bonds. The number of ether oxygens (including phenoxy) is 2. The lowest BCUT2D eigenvalue weighted by Crippen LogP contribution is -2.43. The minimum absolute atomic E-state index is 0.177. The Morgan fingerprint density at radius 3 is 2.75 bits per heavy atom. The van der Waals surface area contributed by atoms with E-state index in [2.05, 4.69) is 12.2 Å². The van der Waals surface area contributed by atoms with E-state index in [0.29, 0.717) is 12.6 Å². The summed E-state index contributed by atoms with van der Waals surface area (Å²) >= 11 is 0. The number of hydrogen-bond acceptors (Lipinski definition) is 4. The maximum absolute atomic E-state index is 12.2. The highest BCUT2D eigenvalue weighted by atomic mass is 16.6. The summed E-state index contributed by atoms with van der Waals surface area (Å²) in [4.78, 5) is 14.1. The van der Waals surface area contributed by atoms with Crippen molar-refractivity contribution < 1.29 is 14.3 Å². The molecule has 0 bridgehead atoms. The average molecular weight is 286 g/mol. The summed E-state index contributed by atoms with van der Waals surface area (Å²) < 4.78 is 10.5. The number of rotatable bonds is 6. The van der Waals surface area contributed by atoms with Crippen LogP contribution in [0.4, 0.5) is 4.79 Å². The zero-order valence-electron chi connectivity index (χ0n) is 13.6. The van der Waals surface area contributed by atoms with E-state index in [1.165, 1.54) is 0 Å². The van der Waals surface area contributed by atoms with Crippen molar-refractivity contribution in [2.24, 2.45) is 0 Å². The van der Waals surface area contributed by atoms with Crippen LogP contribution in [-0.2, 0) is 9.47 Å². The first-order chi connectivity index (χ1) is 9.33. The second kappa shape index (κ2) is 7.84. The predicted octanol–water partition coefficient (Wildman–Crippen LogP) is 2.40. The van der Waals surface area contributed by atoms with Gasteiger partial charge in [-0.1, -0.05) is 0 Å². The van der Waals surface area contributed by atoms with Gasteiger partial charge in [-0.15, -0.1) is 0 Å². The van der Waals surface area contributed by atoms with Crippen LogP contribution in [0.5, 0.6) is 0 Å². The highest BCUT2D eigenvalue weighted by Crippen LogP contribution is 2.23. The van der Waals surface area contributed by atoms with Crippen molar-refractivity contribution in [2.45, 2.75) is 64.6 Å². The molecular weight excluding hydrogens is 256 g/mol. The van der Waals surface area contributed by atoms with Crippen molar-refractivity contribution >= 4 is 6.09 Å². The lowest BCUT2D eigenvalue weighted by molar-refractivity contribution is 0.0214. The van der Waals surface area contributed by atoms with Crippen LogP contribution in [0.1, 0.15) is 47.0 Å². The Morgan fingerprint density at radius 2 is 2.15 bits per heavy atom. The molecule has 1 aliphatic rings. The number of carbonyl (C=O) groups excluding carboxylic acids is 1. The summed E-state index contributed by atoms with van der Waals surface area (Å²) in [5.74, 6) is 0. The normalized spacial score (nSPS) is 21.1. The first-order valence-corrected chi connectivity index (χ1v) is 7.55. The van der Waals surface area contributed by atoms with Gasteiger partial charge in [0.05, 0.1) is 6.61 Å². The lowest BCUT2D eigenvalue weighted by Gasteiger charge is -2.30. The van der Waals surface area contributed by atoms with Gasteiger partial charge in [0.2, 0.25) is 0 Å². The minimum atomic E-state index is -0.424. The van der Waals surface area contributed by atoms with E-state index >= 15 is 0 Å². The monoisotopic (exact) mass is 286 g/mol. The summed E-state index contributed by atoms with van der Waals surface area (Å²) in [6, 6.07) is 0.660. The third kappa shape index (κ3) is 6.09. The quantitative estimate of drug-likeness (QED) is 0.762. The number of carbonyl (C=O) groups is 1. The molecule has 0 aromatic carbocycles. The molecule has 1 aliphatic heterocycles. The fourth-order valence-corrected chi connectivity index (χ4v) is 2.54. The Bertz CT molecular complexity index is 302. The molecule has 5 nitrogen and oxygen atoms in total. The summed E-state index contributed by atoms with van der Waals surface area (Å²) in [6.07, 6.45) is 2.91. The third-order valence-corrected chi connectivity index (χ3v) is 3.43. The van der Waals surface area contributed by atoms with Gasteiger partial charge < -0.3 is 19.7 Å². The molecule has 0 aromatic rings. The van der Waals surface area contributed by atoms with Crippen LogP contribution in [0.2, 0.25) is 0 Å². The van der Waals surface area contributed by atoms with Crippen LogP contribution in [-0.4, -0.2) is 55.5 Å². The van der Waals surface area contributed by atoms with Gasteiger partial charge in [0.1, 0.15) is 5.60 Å². The first kappa shape index (κ1) is 17.2. The summed E-state index contributed by atoms with van der Waals surface area (Å²) in [5, 5.41) is 3.41. The van der Waals surface area contributed by atoms with Crippen molar-refractivity contribution in [3.63, 3.8) is 0 Å². The number of nitrogens with zero attached hydrogens (tertiary/aromatic N) is 1. The number of methoxy groups -OCH3 is 1. The maximum atomic E-state index is 12.2. The lowest BCUT2D eigenvalue weighted by atomic mass is 10.1. The molecule has 1 saturated heterocycles. The van der Waals surface area contributed by atoms with Crippen molar-refractivity contribution in [3.8, 4) is 0 Å². The van der Waals surface area contributed by atoms with Crippen molar-refractivity contribution in [1.82, 2.24) is 10.2 Å². The summed E-state index contributed by atoms with van der Waals surface area (Å²) in [5.41, 5.74) is -0.424. The Balaban J connectivity index is 2.42. The van der Waals surface area contributed by atoms with E-state index in [9.17, 15) is 4.79 Å². The van der Waals surface area contributed by atoms with Crippen LogP contribution in [0.25, 0.3) is 0 Å².